The first-order valence-corrected chi connectivity index (χ1v) is 10.6. The van der Waals surface area contributed by atoms with E-state index in [1.807, 2.05) is 48.5 Å². The Kier molecular flexibility index (Phi) is 5.05. The van der Waals surface area contributed by atoms with Crippen molar-refractivity contribution in [1.29, 1.82) is 0 Å². The van der Waals surface area contributed by atoms with Crippen LogP contribution in [-0.4, -0.2) is 0 Å². The zero-order chi connectivity index (χ0) is 21.1. The molecule has 2 heteroatoms. The van der Waals surface area contributed by atoms with Crippen LogP contribution in [0.15, 0.2) is 115 Å². The largest absolute Gasteiger partial charge is 0.489 e. The van der Waals surface area contributed by atoms with Gasteiger partial charge in [0, 0.05) is 22.6 Å². The summed E-state index contributed by atoms with van der Waals surface area (Å²) in [4.78, 5) is 0. The third-order valence-corrected chi connectivity index (χ3v) is 5.83. The van der Waals surface area contributed by atoms with E-state index >= 15 is 0 Å². The van der Waals surface area contributed by atoms with Gasteiger partial charge in [-0.05, 0) is 30.2 Å². The Morgan fingerprint density at radius 2 is 1.39 bits per heavy atom. The number of allylic oxidation sites excluding steroid dienone is 1. The molecule has 0 saturated heterocycles. The van der Waals surface area contributed by atoms with Gasteiger partial charge in [-0.15, -0.1) is 0 Å². The monoisotopic (exact) mass is 404 g/mol. The summed E-state index contributed by atoms with van der Waals surface area (Å²) in [6, 6.07) is 37.2. The van der Waals surface area contributed by atoms with Gasteiger partial charge in [0.2, 0.25) is 0 Å². The fraction of sp³-hybridized carbons (Fsp3) is 0.103. The molecule has 1 atom stereocenters. The van der Waals surface area contributed by atoms with Gasteiger partial charge in [0.05, 0.1) is 0 Å². The molecule has 5 rings (SSSR count). The minimum Gasteiger partial charge on any atom is -0.489 e. The van der Waals surface area contributed by atoms with Crippen molar-refractivity contribution in [2.45, 2.75) is 18.9 Å². The first-order chi connectivity index (χ1) is 15.2. The van der Waals surface area contributed by atoms with Crippen LogP contribution in [0.4, 0.5) is 0 Å². The highest BCUT2D eigenvalue weighted by molar-refractivity contribution is 5.71. The molecular weight excluding hydrogens is 380 g/mol. The van der Waals surface area contributed by atoms with Crippen molar-refractivity contribution in [1.82, 2.24) is 0 Å². The first-order valence-electron chi connectivity index (χ1n) is 10.6. The maximum absolute atomic E-state index is 6.41. The van der Waals surface area contributed by atoms with Gasteiger partial charge in [-0.3, -0.25) is 0 Å². The Morgan fingerprint density at radius 1 is 0.742 bits per heavy atom. The Balaban J connectivity index is 1.54. The molecule has 0 aliphatic carbocycles. The van der Waals surface area contributed by atoms with Crippen LogP contribution < -0.4 is 9.47 Å². The Hall–Kier alpha value is -3.78. The molecule has 0 aromatic heterocycles. The first kappa shape index (κ1) is 19.2. The Morgan fingerprint density at radius 3 is 2.10 bits per heavy atom. The molecule has 1 unspecified atom stereocenters. The second-order valence-corrected chi connectivity index (χ2v) is 7.98. The van der Waals surface area contributed by atoms with Gasteiger partial charge in [0.1, 0.15) is 23.9 Å². The summed E-state index contributed by atoms with van der Waals surface area (Å²) in [7, 11) is 0. The van der Waals surface area contributed by atoms with Crippen LogP contribution in [0, 0.1) is 0 Å². The van der Waals surface area contributed by atoms with E-state index in [4.69, 9.17) is 9.47 Å². The maximum Gasteiger partial charge on any atom is 0.135 e. The van der Waals surface area contributed by atoms with Gasteiger partial charge in [-0.1, -0.05) is 97.1 Å². The molecule has 0 N–H and O–H groups in total. The number of fused-ring (bicyclic) bond motifs is 1. The molecule has 4 aromatic carbocycles. The van der Waals surface area contributed by atoms with Crippen LogP contribution in [0.5, 0.6) is 11.5 Å². The van der Waals surface area contributed by atoms with Crippen molar-refractivity contribution in [3.8, 4) is 11.5 Å². The maximum atomic E-state index is 6.41. The predicted molar refractivity (Wildman–Crippen MR) is 125 cm³/mol. The van der Waals surface area contributed by atoms with E-state index in [1.165, 1.54) is 5.56 Å². The number of rotatable bonds is 5. The molecule has 0 bridgehead atoms. The SMILES string of the molecule is CC1(c2ccccc2)C=C(c2ccccc2)Oc2cc(OCc3ccccc3)ccc21. The summed E-state index contributed by atoms with van der Waals surface area (Å²) in [5.74, 6) is 2.49. The van der Waals surface area contributed by atoms with Gasteiger partial charge in [-0.25, -0.2) is 0 Å². The van der Waals surface area contributed by atoms with Crippen LogP contribution in [0.3, 0.4) is 0 Å². The molecule has 0 fully saturated rings. The van der Waals surface area contributed by atoms with Gasteiger partial charge < -0.3 is 9.47 Å². The summed E-state index contributed by atoms with van der Waals surface area (Å²) in [5, 5.41) is 0. The fourth-order valence-electron chi connectivity index (χ4n) is 4.10. The highest BCUT2D eigenvalue weighted by Gasteiger charge is 2.35. The molecule has 31 heavy (non-hydrogen) atoms. The normalized spacial score (nSPS) is 17.3. The highest BCUT2D eigenvalue weighted by Crippen LogP contribution is 2.46. The lowest BCUT2D eigenvalue weighted by molar-refractivity contribution is 0.304. The molecule has 1 heterocycles. The average molecular weight is 405 g/mol. The van der Waals surface area contributed by atoms with Crippen molar-refractivity contribution >= 4 is 5.76 Å². The van der Waals surface area contributed by atoms with Crippen LogP contribution >= 0.6 is 0 Å². The van der Waals surface area contributed by atoms with E-state index < -0.39 is 0 Å². The minimum atomic E-state index is -0.308. The lowest BCUT2D eigenvalue weighted by Gasteiger charge is -2.34. The molecule has 0 saturated carbocycles. The highest BCUT2D eigenvalue weighted by atomic mass is 16.5. The van der Waals surface area contributed by atoms with Gasteiger partial charge in [-0.2, -0.15) is 0 Å². The number of benzene rings is 4. The Bertz CT molecular complexity index is 1200. The van der Waals surface area contributed by atoms with Crippen molar-refractivity contribution in [2.24, 2.45) is 0 Å². The summed E-state index contributed by atoms with van der Waals surface area (Å²) in [6.07, 6.45) is 2.23. The van der Waals surface area contributed by atoms with Crippen LogP contribution in [0.25, 0.3) is 5.76 Å². The van der Waals surface area contributed by atoms with Crippen molar-refractivity contribution in [3.05, 3.63) is 138 Å². The van der Waals surface area contributed by atoms with Crippen molar-refractivity contribution in [2.75, 3.05) is 0 Å². The molecular formula is C29H24O2. The van der Waals surface area contributed by atoms with Crippen molar-refractivity contribution < 1.29 is 9.47 Å². The average Bonchev–Trinajstić information content (AvgIpc) is 2.84. The molecule has 0 radical (unpaired) electrons. The minimum absolute atomic E-state index is 0.308. The smallest absolute Gasteiger partial charge is 0.135 e. The summed E-state index contributed by atoms with van der Waals surface area (Å²) < 4.78 is 12.5. The number of hydrogen-bond donors (Lipinski definition) is 0. The van der Waals surface area contributed by atoms with E-state index in [9.17, 15) is 0 Å². The second kappa shape index (κ2) is 8.16. The van der Waals surface area contributed by atoms with Crippen LogP contribution in [0.2, 0.25) is 0 Å². The van der Waals surface area contributed by atoms with Crippen LogP contribution in [0.1, 0.15) is 29.2 Å². The molecule has 0 amide bonds. The Labute approximate surface area is 183 Å². The molecule has 1 aliphatic heterocycles. The molecule has 2 nitrogen and oxygen atoms in total. The summed E-state index contributed by atoms with van der Waals surface area (Å²) in [5.41, 5.74) is 4.25. The third kappa shape index (κ3) is 3.85. The number of hydrogen-bond acceptors (Lipinski definition) is 2. The van der Waals surface area contributed by atoms with E-state index in [-0.39, 0.29) is 5.41 Å². The lowest BCUT2D eigenvalue weighted by Crippen LogP contribution is -2.26. The molecule has 4 aromatic rings. The standard InChI is InChI=1S/C29H24O2/c1-29(24-15-9-4-10-16-24)20-28(23-13-7-3-8-14-23)31-27-19-25(17-18-26(27)29)30-21-22-11-5-2-6-12-22/h2-20H,21H2,1H3. The lowest BCUT2D eigenvalue weighted by atomic mass is 9.74. The van der Waals surface area contributed by atoms with E-state index in [2.05, 4.69) is 73.7 Å². The van der Waals surface area contributed by atoms with Gasteiger partial charge in [0.15, 0.2) is 0 Å². The number of ether oxygens (including phenoxy) is 2. The zero-order valence-electron chi connectivity index (χ0n) is 17.5. The van der Waals surface area contributed by atoms with Crippen molar-refractivity contribution in [3.63, 3.8) is 0 Å². The van der Waals surface area contributed by atoms with E-state index in [1.54, 1.807) is 0 Å². The quantitative estimate of drug-likeness (QED) is 0.356. The predicted octanol–water partition coefficient (Wildman–Crippen LogP) is 7.01. The topological polar surface area (TPSA) is 18.5 Å². The van der Waals surface area contributed by atoms with Crippen LogP contribution in [-0.2, 0) is 12.0 Å². The van der Waals surface area contributed by atoms with E-state index in [0.717, 1.165) is 33.9 Å². The second-order valence-electron chi connectivity index (χ2n) is 7.98. The zero-order valence-corrected chi connectivity index (χ0v) is 17.5. The molecule has 0 spiro atoms. The fourth-order valence-corrected chi connectivity index (χ4v) is 4.10. The summed E-state index contributed by atoms with van der Waals surface area (Å²) >= 11 is 0. The van der Waals surface area contributed by atoms with Gasteiger partial charge >= 0.3 is 0 Å². The summed E-state index contributed by atoms with van der Waals surface area (Å²) in [6.45, 7) is 2.77. The molecule has 152 valence electrons. The van der Waals surface area contributed by atoms with Gasteiger partial charge in [0.25, 0.3) is 0 Å². The van der Waals surface area contributed by atoms with E-state index in [0.29, 0.717) is 6.61 Å². The molecule has 1 aliphatic rings. The third-order valence-electron chi connectivity index (χ3n) is 5.83.